The topological polar surface area (TPSA) is 17.1 Å². The monoisotopic (exact) mass is 215 g/mol. The quantitative estimate of drug-likeness (QED) is 0.643. The van der Waals surface area contributed by atoms with Crippen molar-refractivity contribution in [2.45, 2.75) is 0 Å². The van der Waals surface area contributed by atoms with Gasteiger partial charge >= 0.3 is 74.5 Å². The first-order chi connectivity index (χ1) is 4.41. The van der Waals surface area contributed by atoms with Crippen molar-refractivity contribution in [1.29, 1.82) is 0 Å². The van der Waals surface area contributed by atoms with Crippen LogP contribution in [0.4, 0.5) is 4.79 Å². The van der Waals surface area contributed by atoms with Gasteiger partial charge in [-0.15, -0.1) is 0 Å². The summed E-state index contributed by atoms with van der Waals surface area (Å²) >= 11 is 6.23. The van der Waals surface area contributed by atoms with Gasteiger partial charge in [0.15, 0.2) is 0 Å². The molecule has 0 bridgehead atoms. The van der Waals surface area contributed by atoms with Gasteiger partial charge in [-0.3, -0.25) is 0 Å². The van der Waals surface area contributed by atoms with E-state index in [2.05, 4.69) is 0 Å². The van der Waals surface area contributed by atoms with Crippen LogP contribution in [0.15, 0.2) is 0 Å². The van der Waals surface area contributed by atoms with Crippen LogP contribution in [-0.4, -0.2) is 45.3 Å². The summed E-state index contributed by atoms with van der Waals surface area (Å²) in [6, 6.07) is 0. The molecule has 11 heavy (non-hydrogen) atoms. The molecule has 0 N–H and O–H groups in total. The number of rotatable bonds is 2. The van der Waals surface area contributed by atoms with Crippen LogP contribution >= 0.6 is 24.5 Å². The van der Waals surface area contributed by atoms with Crippen LogP contribution in [0.25, 0.3) is 0 Å². The van der Waals surface area contributed by atoms with Crippen LogP contribution in [0.5, 0.6) is 0 Å². The summed E-state index contributed by atoms with van der Waals surface area (Å²) in [7, 11) is -1.41. The molecule has 0 amide bonds. The Morgan fingerprint density at radius 2 is 1.45 bits per heavy atom. The molecule has 0 spiro atoms. The molecule has 0 aliphatic heterocycles. The van der Waals surface area contributed by atoms with E-state index in [-0.39, 0.29) is 0 Å². The Labute approximate surface area is 74.9 Å². The van der Waals surface area contributed by atoms with Gasteiger partial charge in [0.25, 0.3) is 0 Å². The standard InChI is InChI=1S/C7H18ClOP2/c1-10(2,3)7(9)11(4,5,6)8/h1-6H3/q+1. The molecule has 0 saturated heterocycles. The van der Waals surface area contributed by atoms with Crippen molar-refractivity contribution in [2.24, 2.45) is 0 Å². The van der Waals surface area contributed by atoms with Crippen molar-refractivity contribution in [3.63, 3.8) is 0 Å². The fourth-order valence-corrected chi connectivity index (χ4v) is 11.2. The SMILES string of the molecule is C[P+](C)(C)C(=O)P(C)(C)(C)Cl. The molecule has 0 fully saturated rings. The van der Waals surface area contributed by atoms with Gasteiger partial charge in [0, 0.05) is 0 Å². The molecule has 0 unspecified atom stereocenters. The second-order valence-corrected chi connectivity index (χ2v) is 18.8. The molecule has 4 heteroatoms. The van der Waals surface area contributed by atoms with Crippen LogP contribution < -0.4 is 0 Å². The first-order valence-electron chi connectivity index (χ1n) is 3.50. The molecule has 0 atom stereocenters. The molecular formula is C7H18ClOP2+. The van der Waals surface area contributed by atoms with Gasteiger partial charge < -0.3 is 0 Å². The summed E-state index contributed by atoms with van der Waals surface area (Å²) in [6.45, 7) is 11.8. The zero-order chi connectivity index (χ0) is 9.52. The summed E-state index contributed by atoms with van der Waals surface area (Å²) in [5.74, 6) is -2.47. The Morgan fingerprint density at radius 3 is 1.45 bits per heavy atom. The Balaban J connectivity index is 4.81. The average Bonchev–Trinajstić information content (AvgIpc) is 1.56. The predicted octanol–water partition coefficient (Wildman–Crippen LogP) is 3.61. The summed E-state index contributed by atoms with van der Waals surface area (Å²) in [6.07, 6.45) is 0. The van der Waals surface area contributed by atoms with Crippen LogP contribution in [-0.2, 0) is 0 Å². The third-order valence-corrected chi connectivity index (χ3v) is 8.37. The minimum absolute atomic E-state index is 0.310. The Bertz CT molecular complexity index is 176. The normalized spacial score (nSPS) is 17.2. The van der Waals surface area contributed by atoms with Crippen LogP contribution in [0.3, 0.4) is 0 Å². The summed E-state index contributed by atoms with van der Waals surface area (Å²) in [5.41, 5.74) is 0. The second-order valence-electron chi connectivity index (χ2n) is 4.90. The first kappa shape index (κ1) is 11.8. The van der Waals surface area contributed by atoms with E-state index < -0.39 is 13.2 Å². The molecule has 0 rings (SSSR count). The van der Waals surface area contributed by atoms with Crippen molar-refractivity contribution >= 4 is 29.7 Å². The Hall–Kier alpha value is 0.820. The van der Waals surface area contributed by atoms with E-state index >= 15 is 0 Å². The van der Waals surface area contributed by atoms with E-state index in [0.717, 1.165) is 0 Å². The molecule has 0 aromatic carbocycles. The molecule has 0 aliphatic rings. The van der Waals surface area contributed by atoms with Crippen LogP contribution in [0.2, 0.25) is 0 Å². The van der Waals surface area contributed by atoms with Gasteiger partial charge in [-0.1, -0.05) is 0 Å². The average molecular weight is 216 g/mol. The number of hydrogen-bond acceptors (Lipinski definition) is 1. The van der Waals surface area contributed by atoms with Gasteiger partial charge in [-0.05, 0) is 0 Å². The third kappa shape index (κ3) is 3.83. The van der Waals surface area contributed by atoms with Crippen LogP contribution in [0, 0.1) is 0 Å². The van der Waals surface area contributed by atoms with E-state index in [1.54, 1.807) is 0 Å². The van der Waals surface area contributed by atoms with E-state index in [4.69, 9.17) is 11.2 Å². The maximum absolute atomic E-state index is 11.8. The van der Waals surface area contributed by atoms with E-state index in [1.165, 1.54) is 0 Å². The molecule has 0 saturated carbocycles. The summed E-state index contributed by atoms with van der Waals surface area (Å²) in [5, 5.41) is 0.310. The molecular weight excluding hydrogens is 197 g/mol. The zero-order valence-corrected chi connectivity index (χ0v) is 10.7. The van der Waals surface area contributed by atoms with Gasteiger partial charge in [0.2, 0.25) is 0 Å². The van der Waals surface area contributed by atoms with Crippen molar-refractivity contribution in [2.75, 3.05) is 40.0 Å². The van der Waals surface area contributed by atoms with Gasteiger partial charge in [-0.2, -0.15) is 0 Å². The van der Waals surface area contributed by atoms with Crippen molar-refractivity contribution in [3.8, 4) is 0 Å². The molecule has 68 valence electrons. The summed E-state index contributed by atoms with van der Waals surface area (Å²) < 4.78 is 0. The third-order valence-electron chi connectivity index (χ3n) is 1.22. The van der Waals surface area contributed by atoms with E-state index in [9.17, 15) is 4.79 Å². The molecule has 0 heterocycles. The molecule has 0 aromatic rings. The minimum atomic E-state index is -2.47. The number of hydrogen-bond donors (Lipinski definition) is 0. The van der Waals surface area contributed by atoms with E-state index in [1.807, 2.05) is 40.0 Å². The number of halogens is 1. The fraction of sp³-hybridized carbons (Fsp3) is 0.857. The van der Waals surface area contributed by atoms with Crippen LogP contribution in [0.1, 0.15) is 0 Å². The predicted molar refractivity (Wildman–Crippen MR) is 60.6 cm³/mol. The van der Waals surface area contributed by atoms with Gasteiger partial charge in [0.1, 0.15) is 0 Å². The summed E-state index contributed by atoms with van der Waals surface area (Å²) in [4.78, 5) is 11.8. The molecule has 0 radical (unpaired) electrons. The van der Waals surface area contributed by atoms with E-state index in [0.29, 0.717) is 5.27 Å². The Kier molecular flexibility index (Phi) is 2.85. The van der Waals surface area contributed by atoms with Crippen molar-refractivity contribution in [3.05, 3.63) is 0 Å². The van der Waals surface area contributed by atoms with Gasteiger partial charge in [0.05, 0.1) is 0 Å². The maximum atomic E-state index is 11.8. The molecule has 0 aromatic heterocycles. The second kappa shape index (κ2) is 2.66. The zero-order valence-electron chi connectivity index (χ0n) is 8.18. The number of carbonyl (C=O) groups excluding carboxylic acids is 1. The number of carbonyl (C=O) groups is 1. The van der Waals surface area contributed by atoms with Crippen molar-refractivity contribution < 1.29 is 4.79 Å². The first-order valence-corrected chi connectivity index (χ1v) is 11.1. The van der Waals surface area contributed by atoms with Gasteiger partial charge in [-0.25, -0.2) is 0 Å². The molecule has 1 nitrogen and oxygen atoms in total. The molecule has 0 aliphatic carbocycles. The Morgan fingerprint density at radius 1 is 1.18 bits per heavy atom. The van der Waals surface area contributed by atoms with Crippen molar-refractivity contribution in [1.82, 2.24) is 0 Å². The fourth-order valence-electron chi connectivity index (χ4n) is 1.01.